The lowest BCUT2D eigenvalue weighted by atomic mass is 10.0. The molecule has 0 aliphatic carbocycles. The molecule has 0 bridgehead atoms. The molecule has 0 saturated carbocycles. The summed E-state index contributed by atoms with van der Waals surface area (Å²) in [7, 11) is -4.03. The summed E-state index contributed by atoms with van der Waals surface area (Å²) in [6, 6.07) is 6.84. The third-order valence-corrected chi connectivity index (χ3v) is 6.28. The smallest absolute Gasteiger partial charge is 0.267 e. The van der Waals surface area contributed by atoms with Gasteiger partial charge in [0, 0.05) is 11.8 Å². The number of fused-ring (bicyclic) bond motifs is 1. The van der Waals surface area contributed by atoms with Crippen molar-refractivity contribution in [3.8, 4) is 11.8 Å². The zero-order valence-corrected chi connectivity index (χ0v) is 17.2. The maximum atomic E-state index is 12.8. The highest BCUT2D eigenvalue weighted by atomic mass is 35.5. The van der Waals surface area contributed by atoms with Gasteiger partial charge in [0.2, 0.25) is 0 Å². The standard InChI is InChI=1S/C20H16ClN3O4S/c1-12-8-14(9-15-10-27-11-16(12)15)5-6-17-18(4-3-7-22-17)29(25,26)24-20-19(21)13(2)23-28-20/h3-4,7-9,24H,10-11H2,1-2H3. The van der Waals surface area contributed by atoms with Crippen molar-refractivity contribution in [2.45, 2.75) is 32.0 Å². The molecule has 3 aromatic rings. The van der Waals surface area contributed by atoms with E-state index in [1.54, 1.807) is 6.92 Å². The summed E-state index contributed by atoms with van der Waals surface area (Å²) in [6.07, 6.45) is 1.48. The first kappa shape index (κ1) is 19.5. The number of pyridine rings is 1. The van der Waals surface area contributed by atoms with Crippen LogP contribution < -0.4 is 4.72 Å². The molecule has 0 spiro atoms. The number of hydrogen-bond donors (Lipinski definition) is 1. The summed E-state index contributed by atoms with van der Waals surface area (Å²) in [5, 5.41) is 3.74. The van der Waals surface area contributed by atoms with Crippen molar-refractivity contribution in [3.05, 3.63) is 69.1 Å². The Morgan fingerprint density at radius 1 is 1.21 bits per heavy atom. The van der Waals surface area contributed by atoms with Crippen LogP contribution in [0.15, 0.2) is 39.9 Å². The Morgan fingerprint density at radius 2 is 2.03 bits per heavy atom. The van der Waals surface area contributed by atoms with Gasteiger partial charge in [-0.2, -0.15) is 0 Å². The fraction of sp³-hybridized carbons (Fsp3) is 0.200. The summed E-state index contributed by atoms with van der Waals surface area (Å²) in [6.45, 7) is 4.76. The number of nitrogens with one attached hydrogen (secondary N) is 1. The van der Waals surface area contributed by atoms with E-state index in [1.807, 2.05) is 19.1 Å². The van der Waals surface area contributed by atoms with Crippen LogP contribution in [0.25, 0.3) is 0 Å². The van der Waals surface area contributed by atoms with Gasteiger partial charge in [-0.25, -0.2) is 18.1 Å². The third kappa shape index (κ3) is 3.85. The number of hydrogen-bond acceptors (Lipinski definition) is 6. The van der Waals surface area contributed by atoms with Crippen molar-refractivity contribution in [1.82, 2.24) is 10.1 Å². The molecule has 2 aromatic heterocycles. The highest BCUT2D eigenvalue weighted by Crippen LogP contribution is 2.28. The van der Waals surface area contributed by atoms with Crippen LogP contribution in [-0.2, 0) is 28.0 Å². The highest BCUT2D eigenvalue weighted by molar-refractivity contribution is 7.92. The van der Waals surface area contributed by atoms with E-state index in [2.05, 4.69) is 26.7 Å². The van der Waals surface area contributed by atoms with E-state index >= 15 is 0 Å². The summed E-state index contributed by atoms with van der Waals surface area (Å²) >= 11 is 6.01. The first-order valence-electron chi connectivity index (χ1n) is 8.67. The monoisotopic (exact) mass is 429 g/mol. The largest absolute Gasteiger partial charge is 0.372 e. The topological polar surface area (TPSA) is 94.3 Å². The third-order valence-electron chi connectivity index (χ3n) is 4.47. The van der Waals surface area contributed by atoms with Crippen molar-refractivity contribution < 1.29 is 17.7 Å². The van der Waals surface area contributed by atoms with Crippen LogP contribution in [0, 0.1) is 25.7 Å². The number of aromatic nitrogens is 2. The molecule has 0 unspecified atom stereocenters. The molecule has 3 heterocycles. The Labute approximate surface area is 173 Å². The van der Waals surface area contributed by atoms with E-state index in [1.165, 1.54) is 23.9 Å². The van der Waals surface area contributed by atoms with Crippen LogP contribution in [0.4, 0.5) is 5.88 Å². The quantitative estimate of drug-likeness (QED) is 0.639. The van der Waals surface area contributed by atoms with Gasteiger partial charge in [-0.05, 0) is 60.7 Å². The Bertz CT molecular complexity index is 1270. The average molecular weight is 430 g/mol. The summed E-state index contributed by atoms with van der Waals surface area (Å²) < 4.78 is 38.3. The van der Waals surface area contributed by atoms with E-state index in [4.69, 9.17) is 20.9 Å². The first-order chi connectivity index (χ1) is 13.8. The van der Waals surface area contributed by atoms with Gasteiger partial charge in [-0.15, -0.1) is 0 Å². The van der Waals surface area contributed by atoms with Gasteiger partial charge in [-0.1, -0.05) is 22.7 Å². The van der Waals surface area contributed by atoms with E-state index in [0.717, 1.165) is 16.7 Å². The van der Waals surface area contributed by atoms with Crippen molar-refractivity contribution in [3.63, 3.8) is 0 Å². The van der Waals surface area contributed by atoms with Crippen LogP contribution in [0.1, 0.15) is 33.6 Å². The van der Waals surface area contributed by atoms with Crippen LogP contribution in [0.3, 0.4) is 0 Å². The lowest BCUT2D eigenvalue weighted by Crippen LogP contribution is -2.15. The average Bonchev–Trinajstić information content (AvgIpc) is 3.29. The zero-order valence-electron chi connectivity index (χ0n) is 15.6. The predicted octanol–water partition coefficient (Wildman–Crippen LogP) is 3.57. The van der Waals surface area contributed by atoms with E-state index in [0.29, 0.717) is 18.9 Å². The minimum atomic E-state index is -4.03. The molecular weight excluding hydrogens is 414 g/mol. The maximum Gasteiger partial charge on any atom is 0.267 e. The normalized spacial score (nSPS) is 12.9. The maximum absolute atomic E-state index is 12.8. The number of nitrogens with zero attached hydrogens (tertiary/aromatic N) is 2. The van der Waals surface area contributed by atoms with E-state index in [9.17, 15) is 8.42 Å². The minimum absolute atomic E-state index is 0.0844. The molecule has 0 atom stereocenters. The molecule has 29 heavy (non-hydrogen) atoms. The van der Waals surface area contributed by atoms with Crippen LogP contribution in [0.5, 0.6) is 0 Å². The van der Waals surface area contributed by atoms with Crippen molar-refractivity contribution in [2.24, 2.45) is 0 Å². The molecule has 1 N–H and O–H groups in total. The molecule has 0 radical (unpaired) electrons. The molecule has 1 aliphatic heterocycles. The number of halogens is 1. The number of sulfonamides is 1. The van der Waals surface area contributed by atoms with Crippen LogP contribution >= 0.6 is 11.6 Å². The SMILES string of the molecule is Cc1cc(C#Cc2ncccc2S(=O)(=O)Nc2onc(C)c2Cl)cc2c1COC2. The van der Waals surface area contributed by atoms with Gasteiger partial charge in [0.1, 0.15) is 21.3 Å². The molecule has 1 aliphatic rings. The van der Waals surface area contributed by atoms with Crippen molar-refractivity contribution in [1.29, 1.82) is 0 Å². The molecule has 7 nitrogen and oxygen atoms in total. The lowest BCUT2D eigenvalue weighted by Gasteiger charge is -2.06. The van der Waals surface area contributed by atoms with Gasteiger partial charge in [0.25, 0.3) is 15.9 Å². The molecular formula is C20H16ClN3O4S. The number of rotatable bonds is 3. The first-order valence-corrected chi connectivity index (χ1v) is 10.5. The van der Waals surface area contributed by atoms with Gasteiger partial charge in [0.15, 0.2) is 0 Å². The highest BCUT2D eigenvalue weighted by Gasteiger charge is 2.23. The Morgan fingerprint density at radius 3 is 2.79 bits per heavy atom. The predicted molar refractivity (Wildman–Crippen MR) is 107 cm³/mol. The van der Waals surface area contributed by atoms with Gasteiger partial charge < -0.3 is 9.26 Å². The van der Waals surface area contributed by atoms with Crippen LogP contribution in [0.2, 0.25) is 5.02 Å². The Kier molecular flexibility index (Phi) is 5.04. The van der Waals surface area contributed by atoms with E-state index in [-0.39, 0.29) is 21.5 Å². The van der Waals surface area contributed by atoms with Crippen LogP contribution in [-0.4, -0.2) is 18.6 Å². The fourth-order valence-corrected chi connectivity index (χ4v) is 4.27. The molecule has 0 saturated heterocycles. The number of ether oxygens (including phenoxy) is 1. The second-order valence-electron chi connectivity index (χ2n) is 6.54. The number of aryl methyl sites for hydroxylation is 2. The Hall–Kier alpha value is -2.86. The molecule has 0 fully saturated rings. The molecule has 148 valence electrons. The molecule has 4 rings (SSSR count). The fourth-order valence-electron chi connectivity index (χ4n) is 2.99. The minimum Gasteiger partial charge on any atom is -0.372 e. The van der Waals surface area contributed by atoms with Crippen molar-refractivity contribution >= 4 is 27.5 Å². The molecule has 1 aromatic carbocycles. The number of anilines is 1. The second kappa shape index (κ2) is 7.52. The van der Waals surface area contributed by atoms with E-state index < -0.39 is 10.0 Å². The molecule has 9 heteroatoms. The number of benzene rings is 1. The lowest BCUT2D eigenvalue weighted by molar-refractivity contribution is 0.134. The zero-order chi connectivity index (χ0) is 20.6. The second-order valence-corrected chi connectivity index (χ2v) is 8.57. The van der Waals surface area contributed by atoms with Gasteiger partial charge >= 0.3 is 0 Å². The molecule has 0 amide bonds. The summed E-state index contributed by atoms with van der Waals surface area (Å²) in [5.74, 6) is 5.71. The summed E-state index contributed by atoms with van der Waals surface area (Å²) in [5.41, 5.74) is 4.63. The van der Waals surface area contributed by atoms with Crippen molar-refractivity contribution in [2.75, 3.05) is 4.72 Å². The van der Waals surface area contributed by atoms with Gasteiger partial charge in [-0.3, -0.25) is 0 Å². The summed E-state index contributed by atoms with van der Waals surface area (Å²) in [4.78, 5) is 4.04. The Balaban J connectivity index is 1.69. The van der Waals surface area contributed by atoms with Gasteiger partial charge in [0.05, 0.1) is 13.2 Å².